The van der Waals surface area contributed by atoms with Crippen molar-refractivity contribution in [3.8, 4) is 39.4 Å². The van der Waals surface area contributed by atoms with E-state index in [-0.39, 0.29) is 0 Å². The molecule has 0 atom stereocenters. The Kier molecular flexibility index (Phi) is 7.78. The lowest BCUT2D eigenvalue weighted by molar-refractivity contribution is 0.621. The van der Waals surface area contributed by atoms with Crippen molar-refractivity contribution in [1.29, 1.82) is 0 Å². The number of oxazole rings is 1. The van der Waals surface area contributed by atoms with Crippen molar-refractivity contribution in [2.24, 2.45) is 0 Å². The molecule has 11 rings (SSSR count). The van der Waals surface area contributed by atoms with E-state index in [9.17, 15) is 0 Å². The fourth-order valence-corrected chi connectivity index (χ4v) is 8.36. The quantitative estimate of drug-likeness (QED) is 0.164. The number of aromatic nitrogens is 2. The van der Waals surface area contributed by atoms with Crippen molar-refractivity contribution < 1.29 is 4.42 Å². The van der Waals surface area contributed by atoms with Crippen LogP contribution in [0.4, 0.5) is 17.1 Å². The van der Waals surface area contributed by atoms with Gasteiger partial charge in [-0.05, 0) is 89.3 Å². The highest BCUT2D eigenvalue weighted by Crippen LogP contribution is 2.43. The monoisotopic (exact) mass is 729 g/mol. The van der Waals surface area contributed by atoms with E-state index in [0.717, 1.165) is 72.4 Å². The van der Waals surface area contributed by atoms with Crippen molar-refractivity contribution in [3.63, 3.8) is 0 Å². The second-order valence-electron chi connectivity index (χ2n) is 14.4. The predicted octanol–water partition coefficient (Wildman–Crippen LogP) is 14.5. The minimum absolute atomic E-state index is 0.618. The fraction of sp³-hybridized carbons (Fsp3) is 0. The van der Waals surface area contributed by atoms with Crippen molar-refractivity contribution in [2.45, 2.75) is 0 Å². The SMILES string of the molecule is c1ccc(-c2nc3c(o2)c(-c2ccc(N(c4ccc(-n5c6ccccc6c6ccccc65)cc4)c4ccccc4-c4ccccc4)cc2)cc2ccccc23)cc1. The van der Waals surface area contributed by atoms with Gasteiger partial charge >= 0.3 is 0 Å². The second-order valence-corrected chi connectivity index (χ2v) is 14.4. The van der Waals surface area contributed by atoms with Gasteiger partial charge < -0.3 is 13.9 Å². The summed E-state index contributed by atoms with van der Waals surface area (Å²) < 4.78 is 8.96. The number of rotatable bonds is 7. The first-order chi connectivity index (χ1) is 28.3. The maximum absolute atomic E-state index is 6.60. The summed E-state index contributed by atoms with van der Waals surface area (Å²) in [6, 6.07) is 75.1. The summed E-state index contributed by atoms with van der Waals surface area (Å²) in [5.41, 5.74) is 13.7. The van der Waals surface area contributed by atoms with Gasteiger partial charge in [-0.25, -0.2) is 4.98 Å². The molecule has 4 nitrogen and oxygen atoms in total. The summed E-state index contributed by atoms with van der Waals surface area (Å²) in [7, 11) is 0. The summed E-state index contributed by atoms with van der Waals surface area (Å²) >= 11 is 0. The van der Waals surface area contributed by atoms with Crippen LogP contribution in [0.3, 0.4) is 0 Å². The van der Waals surface area contributed by atoms with Crippen molar-refractivity contribution >= 4 is 60.7 Å². The Morgan fingerprint density at radius 2 is 0.947 bits per heavy atom. The predicted molar refractivity (Wildman–Crippen MR) is 237 cm³/mol. The Morgan fingerprint density at radius 3 is 1.63 bits per heavy atom. The smallest absolute Gasteiger partial charge is 0.227 e. The average molecular weight is 730 g/mol. The van der Waals surface area contributed by atoms with Crippen LogP contribution in [-0.4, -0.2) is 9.55 Å². The summed E-state index contributed by atoms with van der Waals surface area (Å²) in [5.74, 6) is 0.618. The number of anilines is 3. The van der Waals surface area contributed by atoms with Crippen molar-refractivity contribution in [2.75, 3.05) is 4.90 Å². The molecule has 2 aromatic heterocycles. The zero-order chi connectivity index (χ0) is 37.7. The largest absolute Gasteiger partial charge is 0.435 e. The first kappa shape index (κ1) is 32.7. The summed E-state index contributed by atoms with van der Waals surface area (Å²) in [6.45, 7) is 0. The first-order valence-corrected chi connectivity index (χ1v) is 19.3. The molecular weight excluding hydrogens is 695 g/mol. The molecule has 0 saturated carbocycles. The molecule has 2 heterocycles. The molecule has 9 aromatic carbocycles. The Labute approximate surface area is 330 Å². The van der Waals surface area contributed by atoms with Gasteiger partial charge in [0.1, 0.15) is 5.52 Å². The molecule has 0 unspecified atom stereocenters. The van der Waals surface area contributed by atoms with Gasteiger partial charge in [-0.15, -0.1) is 0 Å². The van der Waals surface area contributed by atoms with E-state index in [1.54, 1.807) is 0 Å². The van der Waals surface area contributed by atoms with Crippen LogP contribution in [0.2, 0.25) is 0 Å². The number of fused-ring (bicyclic) bond motifs is 6. The van der Waals surface area contributed by atoms with E-state index in [1.165, 1.54) is 21.8 Å². The summed E-state index contributed by atoms with van der Waals surface area (Å²) in [4.78, 5) is 7.40. The summed E-state index contributed by atoms with van der Waals surface area (Å²) in [6.07, 6.45) is 0. The van der Waals surface area contributed by atoms with E-state index < -0.39 is 0 Å². The van der Waals surface area contributed by atoms with Crippen LogP contribution in [0, 0.1) is 0 Å². The molecule has 0 amide bonds. The third kappa shape index (κ3) is 5.58. The molecule has 0 aliphatic rings. The Morgan fingerprint density at radius 1 is 0.421 bits per heavy atom. The van der Waals surface area contributed by atoms with E-state index in [4.69, 9.17) is 9.40 Å². The summed E-state index contributed by atoms with van der Waals surface area (Å²) in [5, 5.41) is 4.70. The minimum Gasteiger partial charge on any atom is -0.435 e. The van der Waals surface area contributed by atoms with E-state index in [2.05, 4.69) is 191 Å². The van der Waals surface area contributed by atoms with Gasteiger partial charge in [-0.1, -0.05) is 140 Å². The van der Waals surface area contributed by atoms with E-state index in [0.29, 0.717) is 5.89 Å². The van der Waals surface area contributed by atoms with Gasteiger partial charge in [-0.3, -0.25) is 0 Å². The highest BCUT2D eigenvalue weighted by Gasteiger charge is 2.20. The first-order valence-electron chi connectivity index (χ1n) is 19.3. The maximum Gasteiger partial charge on any atom is 0.227 e. The molecule has 0 saturated heterocycles. The number of nitrogens with zero attached hydrogens (tertiary/aromatic N) is 3. The second kappa shape index (κ2) is 13.6. The number of hydrogen-bond acceptors (Lipinski definition) is 3. The number of hydrogen-bond donors (Lipinski definition) is 0. The molecule has 57 heavy (non-hydrogen) atoms. The topological polar surface area (TPSA) is 34.2 Å². The standard InChI is InChI=1S/C53H35N3O/c1-3-15-36(16-4-1)43-20-9-12-24-48(43)55(41-31-33-42(34-32-41)56-49-25-13-10-22-45(49)46-23-11-14-26-50(46)56)40-29-27-37(28-30-40)47-35-39-19-7-8-21-44(39)51-52(47)57-53(54-51)38-17-5-2-6-18-38/h1-35H. The zero-order valence-corrected chi connectivity index (χ0v) is 31.0. The molecular formula is C53H35N3O. The van der Waals surface area contributed by atoms with Gasteiger partial charge in [0.05, 0.1) is 16.7 Å². The molecule has 0 N–H and O–H groups in total. The van der Waals surface area contributed by atoms with Gasteiger partial charge in [-0.2, -0.15) is 0 Å². The molecule has 4 heteroatoms. The maximum atomic E-state index is 6.60. The fourth-order valence-electron chi connectivity index (χ4n) is 8.36. The third-order valence-electron chi connectivity index (χ3n) is 11.0. The van der Waals surface area contributed by atoms with Crippen LogP contribution in [0.5, 0.6) is 0 Å². The van der Waals surface area contributed by atoms with Crippen molar-refractivity contribution in [1.82, 2.24) is 9.55 Å². The lowest BCUT2D eigenvalue weighted by atomic mass is 9.98. The molecule has 0 bridgehead atoms. The van der Waals surface area contributed by atoms with Gasteiger partial charge in [0.25, 0.3) is 0 Å². The minimum atomic E-state index is 0.618. The molecule has 11 aromatic rings. The van der Waals surface area contributed by atoms with Crippen molar-refractivity contribution in [3.05, 3.63) is 212 Å². The van der Waals surface area contributed by atoms with Gasteiger partial charge in [0.15, 0.2) is 5.58 Å². The number of para-hydroxylation sites is 3. The lowest BCUT2D eigenvalue weighted by Crippen LogP contribution is -2.11. The van der Waals surface area contributed by atoms with E-state index in [1.807, 2.05) is 30.3 Å². The highest BCUT2D eigenvalue weighted by molar-refractivity contribution is 6.11. The van der Waals surface area contributed by atoms with Crippen LogP contribution in [0.1, 0.15) is 0 Å². The average Bonchev–Trinajstić information content (AvgIpc) is 3.89. The Hall–Kier alpha value is -7.69. The highest BCUT2D eigenvalue weighted by atomic mass is 16.3. The van der Waals surface area contributed by atoms with Gasteiger partial charge in [0, 0.05) is 49.9 Å². The molecule has 0 radical (unpaired) electrons. The third-order valence-corrected chi connectivity index (χ3v) is 11.0. The van der Waals surface area contributed by atoms with Crippen LogP contribution in [0.25, 0.3) is 83.1 Å². The van der Waals surface area contributed by atoms with Gasteiger partial charge in [0.2, 0.25) is 5.89 Å². The van der Waals surface area contributed by atoms with E-state index >= 15 is 0 Å². The molecule has 0 fully saturated rings. The zero-order valence-electron chi connectivity index (χ0n) is 31.0. The van der Waals surface area contributed by atoms with Crippen LogP contribution in [0.15, 0.2) is 217 Å². The molecule has 0 aliphatic heterocycles. The molecule has 268 valence electrons. The molecule has 0 spiro atoms. The Bertz CT molecular complexity index is 3160. The van der Waals surface area contributed by atoms with Crippen LogP contribution >= 0.6 is 0 Å². The van der Waals surface area contributed by atoms with Crippen LogP contribution < -0.4 is 4.90 Å². The normalized spacial score (nSPS) is 11.5. The molecule has 0 aliphatic carbocycles. The lowest BCUT2D eigenvalue weighted by Gasteiger charge is -2.28. The van der Waals surface area contributed by atoms with Crippen LogP contribution in [-0.2, 0) is 0 Å². The Balaban J connectivity index is 1.06. The number of benzene rings is 9.